The Morgan fingerprint density at radius 2 is 2.18 bits per heavy atom. The van der Waals surface area contributed by atoms with Crippen molar-refractivity contribution in [2.45, 2.75) is 11.9 Å². The zero-order valence-electron chi connectivity index (χ0n) is 5.98. The van der Waals surface area contributed by atoms with Gasteiger partial charge in [-0.05, 0) is 11.6 Å². The fourth-order valence-corrected chi connectivity index (χ4v) is 1.22. The molecule has 1 rings (SSSR count). The van der Waals surface area contributed by atoms with Crippen molar-refractivity contribution in [2.75, 3.05) is 0 Å². The van der Waals surface area contributed by atoms with Gasteiger partial charge in [-0.3, -0.25) is 0 Å². The summed E-state index contributed by atoms with van der Waals surface area (Å²) in [6.45, 7) is 0.257. The molecule has 0 aliphatic rings. The summed E-state index contributed by atoms with van der Waals surface area (Å²) < 4.78 is 12.8. The van der Waals surface area contributed by atoms with Crippen LogP contribution in [0, 0.1) is 5.82 Å². The molecule has 0 bridgehead atoms. The molecular formula is C8H9BrFN. The molecule has 0 fully saturated rings. The first-order valence-electron chi connectivity index (χ1n) is 3.31. The predicted octanol–water partition coefficient (Wildman–Crippen LogP) is 2.18. The lowest BCUT2D eigenvalue weighted by molar-refractivity contribution is 0.610. The molecule has 1 aromatic carbocycles. The molecule has 0 aliphatic heterocycles. The Morgan fingerprint density at radius 1 is 1.45 bits per heavy atom. The number of hydrogen-bond acceptors (Lipinski definition) is 1. The smallest absolute Gasteiger partial charge is 0.127 e. The maximum Gasteiger partial charge on any atom is 0.127 e. The monoisotopic (exact) mass is 217 g/mol. The number of hydrogen-bond donors (Lipinski definition) is 1. The van der Waals surface area contributed by atoms with Crippen molar-refractivity contribution in [2.24, 2.45) is 5.73 Å². The maximum atomic E-state index is 12.8. The Balaban J connectivity index is 3.02. The van der Waals surface area contributed by atoms with Crippen molar-refractivity contribution in [1.29, 1.82) is 0 Å². The van der Waals surface area contributed by atoms with Crippen molar-refractivity contribution >= 4 is 15.9 Å². The normalized spacial score (nSPS) is 10.1. The summed E-state index contributed by atoms with van der Waals surface area (Å²) in [6, 6.07) is 4.95. The molecule has 0 radical (unpaired) electrons. The minimum atomic E-state index is -0.225. The highest BCUT2D eigenvalue weighted by Gasteiger charge is 1.99. The summed E-state index contributed by atoms with van der Waals surface area (Å²) in [7, 11) is 0. The van der Waals surface area contributed by atoms with Crippen LogP contribution in [0.2, 0.25) is 0 Å². The standard InChI is InChI=1S/C8H9BrFN/c9-4-6-1-2-8(10)7(3-6)5-11/h1-3H,4-5,11H2. The van der Waals surface area contributed by atoms with Gasteiger partial charge in [0.05, 0.1) is 0 Å². The topological polar surface area (TPSA) is 26.0 Å². The third kappa shape index (κ3) is 2.01. The van der Waals surface area contributed by atoms with Crippen LogP contribution in [0.1, 0.15) is 11.1 Å². The number of alkyl halides is 1. The van der Waals surface area contributed by atoms with E-state index in [4.69, 9.17) is 5.73 Å². The second-order valence-electron chi connectivity index (χ2n) is 2.26. The highest BCUT2D eigenvalue weighted by Crippen LogP contribution is 2.12. The Labute approximate surface area is 73.5 Å². The molecule has 2 N–H and O–H groups in total. The van der Waals surface area contributed by atoms with Gasteiger partial charge in [0.25, 0.3) is 0 Å². The SMILES string of the molecule is NCc1cc(CBr)ccc1F. The van der Waals surface area contributed by atoms with Gasteiger partial charge in [-0.25, -0.2) is 4.39 Å². The van der Waals surface area contributed by atoms with Crippen LogP contribution in [-0.2, 0) is 11.9 Å². The number of rotatable bonds is 2. The molecule has 3 heteroatoms. The molecule has 0 unspecified atom stereocenters. The van der Waals surface area contributed by atoms with Crippen LogP contribution in [-0.4, -0.2) is 0 Å². The van der Waals surface area contributed by atoms with Crippen LogP contribution >= 0.6 is 15.9 Å². The van der Waals surface area contributed by atoms with Gasteiger partial charge in [0.15, 0.2) is 0 Å². The lowest BCUT2D eigenvalue weighted by Crippen LogP contribution is -2.00. The molecule has 0 aromatic heterocycles. The molecule has 0 saturated heterocycles. The summed E-state index contributed by atoms with van der Waals surface area (Å²) >= 11 is 3.28. The van der Waals surface area contributed by atoms with Gasteiger partial charge in [0, 0.05) is 17.4 Å². The van der Waals surface area contributed by atoms with E-state index in [2.05, 4.69) is 15.9 Å². The van der Waals surface area contributed by atoms with E-state index in [0.29, 0.717) is 5.56 Å². The first-order valence-corrected chi connectivity index (χ1v) is 4.43. The minimum Gasteiger partial charge on any atom is -0.326 e. The van der Waals surface area contributed by atoms with Crippen LogP contribution < -0.4 is 5.73 Å². The summed E-state index contributed by atoms with van der Waals surface area (Å²) in [4.78, 5) is 0. The maximum absolute atomic E-state index is 12.8. The van der Waals surface area contributed by atoms with Crippen molar-refractivity contribution < 1.29 is 4.39 Å². The van der Waals surface area contributed by atoms with E-state index in [0.717, 1.165) is 10.9 Å². The van der Waals surface area contributed by atoms with Crippen LogP contribution in [0.15, 0.2) is 18.2 Å². The number of halogens is 2. The summed E-state index contributed by atoms with van der Waals surface area (Å²) in [6.07, 6.45) is 0. The van der Waals surface area contributed by atoms with Crippen LogP contribution in [0.3, 0.4) is 0 Å². The molecule has 0 saturated carbocycles. The fraction of sp³-hybridized carbons (Fsp3) is 0.250. The van der Waals surface area contributed by atoms with Crippen LogP contribution in [0.5, 0.6) is 0 Å². The van der Waals surface area contributed by atoms with Crippen molar-refractivity contribution in [3.8, 4) is 0 Å². The van der Waals surface area contributed by atoms with Crippen LogP contribution in [0.4, 0.5) is 4.39 Å². The zero-order chi connectivity index (χ0) is 8.27. The van der Waals surface area contributed by atoms with E-state index in [1.54, 1.807) is 12.1 Å². The molecule has 0 aliphatic carbocycles. The van der Waals surface area contributed by atoms with Crippen molar-refractivity contribution in [3.63, 3.8) is 0 Å². The van der Waals surface area contributed by atoms with E-state index in [1.165, 1.54) is 6.07 Å². The lowest BCUT2D eigenvalue weighted by Gasteiger charge is -2.00. The molecule has 0 heterocycles. The Bertz CT molecular complexity index is 250. The van der Waals surface area contributed by atoms with Gasteiger partial charge in [-0.1, -0.05) is 28.1 Å². The quantitative estimate of drug-likeness (QED) is 0.756. The second-order valence-corrected chi connectivity index (χ2v) is 2.82. The number of nitrogens with two attached hydrogens (primary N) is 1. The first-order chi connectivity index (χ1) is 5.27. The fourth-order valence-electron chi connectivity index (χ4n) is 0.868. The summed E-state index contributed by atoms with van der Waals surface area (Å²) in [5.74, 6) is -0.225. The molecule has 0 amide bonds. The van der Waals surface area contributed by atoms with Gasteiger partial charge < -0.3 is 5.73 Å². The van der Waals surface area contributed by atoms with Gasteiger partial charge in [-0.2, -0.15) is 0 Å². The van der Waals surface area contributed by atoms with Gasteiger partial charge >= 0.3 is 0 Å². The van der Waals surface area contributed by atoms with E-state index in [9.17, 15) is 4.39 Å². The van der Waals surface area contributed by atoms with E-state index in [-0.39, 0.29) is 12.4 Å². The van der Waals surface area contributed by atoms with Crippen molar-refractivity contribution in [3.05, 3.63) is 35.1 Å². The second kappa shape index (κ2) is 3.83. The van der Waals surface area contributed by atoms with E-state index in [1.807, 2.05) is 0 Å². The molecule has 11 heavy (non-hydrogen) atoms. The Kier molecular flexibility index (Phi) is 3.02. The largest absolute Gasteiger partial charge is 0.326 e. The van der Waals surface area contributed by atoms with Gasteiger partial charge in [-0.15, -0.1) is 0 Å². The average Bonchev–Trinajstić information content (AvgIpc) is 2.05. The molecular weight excluding hydrogens is 209 g/mol. The highest BCUT2D eigenvalue weighted by molar-refractivity contribution is 9.08. The average molecular weight is 218 g/mol. The van der Waals surface area contributed by atoms with Crippen LogP contribution in [0.25, 0.3) is 0 Å². The molecule has 1 aromatic rings. The zero-order valence-corrected chi connectivity index (χ0v) is 7.57. The third-order valence-electron chi connectivity index (χ3n) is 1.48. The summed E-state index contributed by atoms with van der Waals surface area (Å²) in [5.41, 5.74) is 6.94. The minimum absolute atomic E-state index is 0.225. The van der Waals surface area contributed by atoms with Gasteiger partial charge in [0.1, 0.15) is 5.82 Å². The summed E-state index contributed by atoms with van der Waals surface area (Å²) in [5, 5.41) is 0.736. The van der Waals surface area contributed by atoms with Gasteiger partial charge in [0.2, 0.25) is 0 Å². The first kappa shape index (κ1) is 8.68. The highest BCUT2D eigenvalue weighted by atomic mass is 79.9. The lowest BCUT2D eigenvalue weighted by atomic mass is 10.1. The molecule has 0 atom stereocenters. The van der Waals surface area contributed by atoms with E-state index < -0.39 is 0 Å². The van der Waals surface area contributed by atoms with Crippen molar-refractivity contribution in [1.82, 2.24) is 0 Å². The molecule has 60 valence electrons. The Hall–Kier alpha value is -0.410. The van der Waals surface area contributed by atoms with E-state index >= 15 is 0 Å². The predicted molar refractivity (Wildman–Crippen MR) is 46.9 cm³/mol. The third-order valence-corrected chi connectivity index (χ3v) is 2.13. The molecule has 0 spiro atoms. The molecule has 1 nitrogen and oxygen atoms in total. The Morgan fingerprint density at radius 3 is 2.73 bits per heavy atom. The number of benzene rings is 1.